The summed E-state index contributed by atoms with van der Waals surface area (Å²) in [4.78, 5) is 4.60. The fourth-order valence-corrected chi connectivity index (χ4v) is 3.36. The highest BCUT2D eigenvalue weighted by Crippen LogP contribution is 2.34. The average Bonchev–Trinajstić information content (AvgIpc) is 2.98. The second-order valence-electron chi connectivity index (χ2n) is 3.62. The van der Waals surface area contributed by atoms with Crippen molar-refractivity contribution >= 4 is 43.2 Å². The van der Waals surface area contributed by atoms with Gasteiger partial charge in [-0.2, -0.15) is 0 Å². The highest BCUT2D eigenvalue weighted by atomic mass is 79.9. The molecule has 0 amide bonds. The molecule has 0 fully saturated rings. The Balaban J connectivity index is 2.02. The molecule has 1 aromatic carbocycles. The number of rotatable bonds is 2. The molecule has 0 unspecified atom stereocenters. The maximum Gasteiger partial charge on any atom is 0.169 e. The molecule has 0 aliphatic carbocycles. The third-order valence-electron chi connectivity index (χ3n) is 2.43. The van der Waals surface area contributed by atoms with Gasteiger partial charge in [-0.3, -0.25) is 0 Å². The van der Waals surface area contributed by atoms with Crippen LogP contribution in [0.2, 0.25) is 0 Å². The Morgan fingerprint density at radius 2 is 1.89 bits per heavy atom. The molecule has 90 valence electrons. The number of thiazole rings is 1. The van der Waals surface area contributed by atoms with Gasteiger partial charge in [0.1, 0.15) is 10.7 Å². The summed E-state index contributed by atoms with van der Waals surface area (Å²) in [6, 6.07) is 11.8. The zero-order valence-electron chi connectivity index (χ0n) is 9.06. The van der Waals surface area contributed by atoms with Crippen LogP contribution in [0.5, 0.6) is 0 Å². The van der Waals surface area contributed by atoms with E-state index < -0.39 is 0 Å². The van der Waals surface area contributed by atoms with Crippen LogP contribution in [0.1, 0.15) is 0 Å². The lowest BCUT2D eigenvalue weighted by molar-refractivity contribution is 0.554. The van der Waals surface area contributed by atoms with Gasteiger partial charge in [-0.05, 0) is 34.1 Å². The van der Waals surface area contributed by atoms with Crippen LogP contribution in [0.3, 0.4) is 0 Å². The lowest BCUT2D eigenvalue weighted by Gasteiger charge is -1.98. The summed E-state index contributed by atoms with van der Waals surface area (Å²) in [5.41, 5.74) is 1.95. The van der Waals surface area contributed by atoms with Gasteiger partial charge in [0, 0.05) is 15.4 Å². The van der Waals surface area contributed by atoms with E-state index >= 15 is 0 Å². The number of aromatic nitrogens is 1. The highest BCUT2D eigenvalue weighted by molar-refractivity contribution is 9.10. The van der Waals surface area contributed by atoms with E-state index in [4.69, 9.17) is 4.42 Å². The van der Waals surface area contributed by atoms with E-state index in [9.17, 15) is 0 Å². The molecule has 2 heterocycles. The van der Waals surface area contributed by atoms with Gasteiger partial charge in [0.05, 0.1) is 0 Å². The van der Waals surface area contributed by atoms with Gasteiger partial charge >= 0.3 is 0 Å². The first kappa shape index (κ1) is 12.1. The minimum atomic E-state index is 0.716. The van der Waals surface area contributed by atoms with Crippen LogP contribution in [-0.4, -0.2) is 4.98 Å². The van der Waals surface area contributed by atoms with E-state index in [1.165, 1.54) is 0 Å². The van der Waals surface area contributed by atoms with Crippen molar-refractivity contribution in [2.45, 2.75) is 0 Å². The largest absolute Gasteiger partial charge is 0.448 e. The van der Waals surface area contributed by atoms with E-state index in [-0.39, 0.29) is 0 Å². The molecule has 0 saturated carbocycles. The molecule has 2 aromatic heterocycles. The Hall–Kier alpha value is -0.910. The van der Waals surface area contributed by atoms with Crippen molar-refractivity contribution < 1.29 is 4.42 Å². The van der Waals surface area contributed by atoms with Gasteiger partial charge in [0.2, 0.25) is 0 Å². The quantitative estimate of drug-likeness (QED) is 0.575. The zero-order valence-corrected chi connectivity index (χ0v) is 13.0. The monoisotopic (exact) mass is 383 g/mol. The number of benzene rings is 1. The minimum absolute atomic E-state index is 0.716. The summed E-state index contributed by atoms with van der Waals surface area (Å²) in [6.07, 6.45) is 0. The molecule has 3 rings (SSSR count). The van der Waals surface area contributed by atoms with Gasteiger partial charge in [0.15, 0.2) is 10.4 Å². The molecule has 0 bridgehead atoms. The van der Waals surface area contributed by atoms with Crippen LogP contribution in [0.25, 0.3) is 22.0 Å². The average molecular weight is 385 g/mol. The number of hydrogen-bond donors (Lipinski definition) is 0. The van der Waals surface area contributed by atoms with E-state index in [2.05, 4.69) is 36.8 Å². The van der Waals surface area contributed by atoms with Crippen LogP contribution in [-0.2, 0) is 0 Å². The van der Waals surface area contributed by atoms with E-state index in [1.807, 2.05) is 41.8 Å². The summed E-state index contributed by atoms with van der Waals surface area (Å²) in [5.74, 6) is 0.774. The second-order valence-corrected chi connectivity index (χ2v) is 6.12. The molecule has 0 radical (unpaired) electrons. The molecule has 0 saturated heterocycles. The topological polar surface area (TPSA) is 26.0 Å². The van der Waals surface area contributed by atoms with E-state index in [1.54, 1.807) is 11.3 Å². The Bertz CT molecular complexity index is 690. The third kappa shape index (κ3) is 2.30. The Kier molecular flexibility index (Phi) is 3.37. The van der Waals surface area contributed by atoms with Crippen molar-refractivity contribution in [2.75, 3.05) is 0 Å². The van der Waals surface area contributed by atoms with Gasteiger partial charge in [-0.1, -0.05) is 34.1 Å². The normalized spacial score (nSPS) is 10.8. The molecule has 0 atom stereocenters. The molecule has 0 aliphatic rings. The molecule has 2 nitrogen and oxygen atoms in total. The fourth-order valence-electron chi connectivity index (χ4n) is 1.60. The van der Waals surface area contributed by atoms with Crippen LogP contribution in [0.4, 0.5) is 0 Å². The lowest BCUT2D eigenvalue weighted by atomic mass is 10.2. The third-order valence-corrected chi connectivity index (χ3v) is 4.43. The van der Waals surface area contributed by atoms with Crippen molar-refractivity contribution in [1.29, 1.82) is 0 Å². The summed E-state index contributed by atoms with van der Waals surface area (Å²) in [5, 5.41) is 2.98. The van der Waals surface area contributed by atoms with Crippen molar-refractivity contribution in [3.63, 3.8) is 0 Å². The molecule has 18 heavy (non-hydrogen) atoms. The molecule has 0 spiro atoms. The molecule has 3 aromatic rings. The summed E-state index contributed by atoms with van der Waals surface area (Å²) < 4.78 is 7.26. The van der Waals surface area contributed by atoms with Crippen LogP contribution in [0, 0.1) is 0 Å². The highest BCUT2D eigenvalue weighted by Gasteiger charge is 2.11. The van der Waals surface area contributed by atoms with Gasteiger partial charge in [0.25, 0.3) is 0 Å². The molecule has 5 heteroatoms. The first-order chi connectivity index (χ1) is 8.74. The molecule has 0 N–H and O–H groups in total. The zero-order chi connectivity index (χ0) is 12.5. The second kappa shape index (κ2) is 4.99. The van der Waals surface area contributed by atoms with Crippen molar-refractivity contribution in [3.8, 4) is 22.0 Å². The first-order valence-electron chi connectivity index (χ1n) is 5.20. The smallest absolute Gasteiger partial charge is 0.169 e. The molecular weight excluding hydrogens is 378 g/mol. The van der Waals surface area contributed by atoms with Crippen molar-refractivity contribution in [1.82, 2.24) is 4.98 Å². The van der Waals surface area contributed by atoms with Gasteiger partial charge in [-0.15, -0.1) is 11.3 Å². The van der Waals surface area contributed by atoms with E-state index in [0.717, 1.165) is 26.5 Å². The van der Waals surface area contributed by atoms with Crippen molar-refractivity contribution in [3.05, 3.63) is 50.9 Å². The lowest BCUT2D eigenvalue weighted by Crippen LogP contribution is -1.79. The number of furan rings is 1. The van der Waals surface area contributed by atoms with Crippen molar-refractivity contribution in [2.24, 2.45) is 0 Å². The first-order valence-corrected chi connectivity index (χ1v) is 7.67. The predicted octanol–water partition coefficient (Wildman–Crippen LogP) is 5.60. The Labute approximate surface area is 125 Å². The summed E-state index contributed by atoms with van der Waals surface area (Å²) in [7, 11) is 0. The Morgan fingerprint density at radius 1 is 1.06 bits per heavy atom. The van der Waals surface area contributed by atoms with E-state index in [0.29, 0.717) is 4.67 Å². The standard InChI is InChI=1S/C13H7Br2NOS/c14-9-4-2-1-3-8(9)13-16-10(7-18-13)11-5-6-12(15)17-11/h1-7H. The molecular formula is C13H7Br2NOS. The summed E-state index contributed by atoms with van der Waals surface area (Å²) >= 11 is 8.44. The van der Waals surface area contributed by atoms with Crippen LogP contribution >= 0.6 is 43.2 Å². The fraction of sp³-hybridized carbons (Fsp3) is 0. The van der Waals surface area contributed by atoms with Gasteiger partial charge < -0.3 is 4.42 Å². The SMILES string of the molecule is Brc1ccc(-c2csc(-c3ccccc3Br)n2)o1. The van der Waals surface area contributed by atoms with Crippen LogP contribution < -0.4 is 0 Å². The van der Waals surface area contributed by atoms with Gasteiger partial charge in [-0.25, -0.2) is 4.98 Å². The maximum absolute atomic E-state index is 5.50. The Morgan fingerprint density at radius 3 is 2.61 bits per heavy atom. The van der Waals surface area contributed by atoms with Crippen LogP contribution in [0.15, 0.2) is 55.3 Å². The maximum atomic E-state index is 5.50. The number of hydrogen-bond acceptors (Lipinski definition) is 3. The number of nitrogens with zero attached hydrogens (tertiary/aromatic N) is 1. The predicted molar refractivity (Wildman–Crippen MR) is 80.7 cm³/mol. The minimum Gasteiger partial charge on any atom is -0.448 e. The summed E-state index contributed by atoms with van der Waals surface area (Å²) in [6.45, 7) is 0. The number of halogens is 2. The molecule has 0 aliphatic heterocycles.